The summed E-state index contributed by atoms with van der Waals surface area (Å²) in [4.78, 5) is 10.7. The lowest BCUT2D eigenvalue weighted by Gasteiger charge is -2.00. The van der Waals surface area contributed by atoms with E-state index in [-0.39, 0.29) is 5.97 Å². The highest BCUT2D eigenvalue weighted by atomic mass is 32.2. The molecule has 0 atom stereocenters. The number of thioether (sulfide) groups is 1. The molecule has 0 saturated carbocycles. The molecule has 0 radical (unpaired) electrons. The van der Waals surface area contributed by atoms with Crippen molar-refractivity contribution in [2.45, 2.75) is 38.5 Å². The van der Waals surface area contributed by atoms with Crippen molar-refractivity contribution in [3.05, 3.63) is 0 Å². The van der Waals surface area contributed by atoms with Crippen molar-refractivity contribution in [3.8, 4) is 0 Å². The van der Waals surface area contributed by atoms with Crippen LogP contribution < -0.4 is 0 Å². The largest absolute Gasteiger partial charge is 0.469 e. The highest BCUT2D eigenvalue weighted by molar-refractivity contribution is 7.98. The molecule has 0 aromatic heterocycles. The number of esters is 1. The van der Waals surface area contributed by atoms with E-state index in [1.165, 1.54) is 32.1 Å². The average molecular weight is 204 g/mol. The molecule has 3 heteroatoms. The van der Waals surface area contributed by atoms with Crippen molar-refractivity contribution in [2.75, 3.05) is 19.1 Å². The number of carbonyl (C=O) groups is 1. The lowest BCUT2D eigenvalue weighted by molar-refractivity contribution is -0.140. The summed E-state index contributed by atoms with van der Waals surface area (Å²) < 4.78 is 4.55. The van der Waals surface area contributed by atoms with Gasteiger partial charge in [-0.3, -0.25) is 4.79 Å². The van der Waals surface area contributed by atoms with Gasteiger partial charge < -0.3 is 4.74 Å². The van der Waals surface area contributed by atoms with Gasteiger partial charge in [-0.15, -0.1) is 0 Å². The van der Waals surface area contributed by atoms with Crippen molar-refractivity contribution < 1.29 is 9.53 Å². The van der Waals surface area contributed by atoms with Gasteiger partial charge in [-0.25, -0.2) is 0 Å². The molecule has 0 aliphatic heterocycles. The van der Waals surface area contributed by atoms with E-state index in [4.69, 9.17) is 0 Å². The van der Waals surface area contributed by atoms with Crippen LogP contribution in [0, 0.1) is 0 Å². The standard InChI is InChI=1S/C10H20O2S/c1-12-10(11)8-6-4-3-5-7-9-13-2/h3-9H2,1-2H3. The van der Waals surface area contributed by atoms with Gasteiger partial charge in [0, 0.05) is 6.42 Å². The van der Waals surface area contributed by atoms with E-state index in [1.54, 1.807) is 0 Å². The minimum Gasteiger partial charge on any atom is -0.469 e. The molecule has 0 spiro atoms. The fraction of sp³-hybridized carbons (Fsp3) is 0.900. The summed E-state index contributed by atoms with van der Waals surface area (Å²) in [5.41, 5.74) is 0. The van der Waals surface area contributed by atoms with Crippen LogP contribution in [0.3, 0.4) is 0 Å². The van der Waals surface area contributed by atoms with Crippen LogP contribution >= 0.6 is 11.8 Å². The summed E-state index contributed by atoms with van der Waals surface area (Å²) in [5.74, 6) is 1.18. The molecule has 0 N–H and O–H groups in total. The first-order chi connectivity index (χ1) is 6.31. The Balaban J connectivity index is 2.95. The number of unbranched alkanes of at least 4 members (excludes halogenated alkanes) is 4. The molecule has 0 aliphatic rings. The predicted molar refractivity (Wildman–Crippen MR) is 58.1 cm³/mol. The Bertz CT molecular complexity index is 126. The number of methoxy groups -OCH3 is 1. The molecule has 78 valence electrons. The lowest BCUT2D eigenvalue weighted by Crippen LogP contribution is -1.99. The Labute approximate surface area is 85.4 Å². The van der Waals surface area contributed by atoms with E-state index >= 15 is 0 Å². The highest BCUT2D eigenvalue weighted by Crippen LogP contribution is 2.08. The van der Waals surface area contributed by atoms with Gasteiger partial charge in [-0.05, 0) is 24.9 Å². The van der Waals surface area contributed by atoms with E-state index < -0.39 is 0 Å². The van der Waals surface area contributed by atoms with E-state index in [2.05, 4.69) is 11.0 Å². The number of rotatable bonds is 8. The maximum atomic E-state index is 10.7. The highest BCUT2D eigenvalue weighted by Gasteiger charge is 1.98. The SMILES string of the molecule is COC(=O)CCCCCCCSC. The Hall–Kier alpha value is -0.180. The van der Waals surface area contributed by atoms with Gasteiger partial charge in [0.1, 0.15) is 0 Å². The van der Waals surface area contributed by atoms with Crippen LogP contribution in [-0.2, 0) is 9.53 Å². The van der Waals surface area contributed by atoms with Gasteiger partial charge in [-0.2, -0.15) is 11.8 Å². The summed E-state index contributed by atoms with van der Waals surface area (Å²) in [7, 11) is 1.45. The van der Waals surface area contributed by atoms with Crippen molar-refractivity contribution in [1.82, 2.24) is 0 Å². The van der Waals surface area contributed by atoms with Crippen LogP contribution in [0.15, 0.2) is 0 Å². The summed E-state index contributed by atoms with van der Waals surface area (Å²) in [6.07, 6.45) is 8.70. The molecule has 2 nitrogen and oxygen atoms in total. The van der Waals surface area contributed by atoms with Crippen LogP contribution in [0.4, 0.5) is 0 Å². The Morgan fingerprint density at radius 1 is 1.15 bits per heavy atom. The van der Waals surface area contributed by atoms with Gasteiger partial charge in [-0.1, -0.05) is 19.3 Å². The van der Waals surface area contributed by atoms with E-state index in [1.807, 2.05) is 11.8 Å². The second kappa shape index (κ2) is 9.90. The van der Waals surface area contributed by atoms with E-state index in [0.29, 0.717) is 6.42 Å². The van der Waals surface area contributed by atoms with Gasteiger partial charge in [0.25, 0.3) is 0 Å². The molecule has 0 bridgehead atoms. The van der Waals surface area contributed by atoms with Gasteiger partial charge >= 0.3 is 5.97 Å². The minimum atomic E-state index is -0.0795. The molecule has 0 rings (SSSR count). The smallest absolute Gasteiger partial charge is 0.305 e. The Kier molecular flexibility index (Phi) is 9.77. The average Bonchev–Trinajstić information content (AvgIpc) is 2.16. The van der Waals surface area contributed by atoms with Crippen molar-refractivity contribution in [1.29, 1.82) is 0 Å². The number of hydrogen-bond acceptors (Lipinski definition) is 3. The molecule has 0 fully saturated rings. The Morgan fingerprint density at radius 2 is 1.77 bits per heavy atom. The molecule has 0 aliphatic carbocycles. The maximum Gasteiger partial charge on any atom is 0.305 e. The molecule has 0 amide bonds. The fourth-order valence-corrected chi connectivity index (χ4v) is 1.64. The fourth-order valence-electron chi connectivity index (χ4n) is 1.15. The molecule has 0 saturated heterocycles. The zero-order valence-corrected chi connectivity index (χ0v) is 9.49. The van der Waals surface area contributed by atoms with Crippen molar-refractivity contribution >= 4 is 17.7 Å². The zero-order valence-electron chi connectivity index (χ0n) is 8.67. The van der Waals surface area contributed by atoms with Crippen LogP contribution in [0.25, 0.3) is 0 Å². The second-order valence-electron chi connectivity index (χ2n) is 3.09. The molecule has 0 aromatic carbocycles. The summed E-state index contributed by atoms with van der Waals surface area (Å²) in [5, 5.41) is 0. The molecule has 0 aromatic rings. The van der Waals surface area contributed by atoms with Crippen LogP contribution in [0.1, 0.15) is 38.5 Å². The summed E-state index contributed by atoms with van der Waals surface area (Å²) in [6.45, 7) is 0. The predicted octanol–water partition coefficient (Wildman–Crippen LogP) is 2.86. The third-order valence-electron chi connectivity index (χ3n) is 1.96. The van der Waals surface area contributed by atoms with Crippen molar-refractivity contribution in [2.24, 2.45) is 0 Å². The van der Waals surface area contributed by atoms with Crippen LogP contribution in [-0.4, -0.2) is 25.1 Å². The molecule has 0 heterocycles. The quantitative estimate of drug-likeness (QED) is 0.449. The van der Waals surface area contributed by atoms with Crippen LogP contribution in [0.2, 0.25) is 0 Å². The van der Waals surface area contributed by atoms with Gasteiger partial charge in [0.2, 0.25) is 0 Å². The van der Waals surface area contributed by atoms with Gasteiger partial charge in [0.15, 0.2) is 0 Å². The maximum absolute atomic E-state index is 10.7. The summed E-state index contributed by atoms with van der Waals surface area (Å²) >= 11 is 1.90. The molecular weight excluding hydrogens is 184 g/mol. The Morgan fingerprint density at radius 3 is 2.38 bits per heavy atom. The molecule has 0 unspecified atom stereocenters. The topological polar surface area (TPSA) is 26.3 Å². The summed E-state index contributed by atoms with van der Waals surface area (Å²) in [6, 6.07) is 0. The first-order valence-corrected chi connectivity index (χ1v) is 6.26. The third-order valence-corrected chi connectivity index (χ3v) is 2.65. The normalized spacial score (nSPS) is 10.0. The van der Waals surface area contributed by atoms with E-state index in [9.17, 15) is 4.79 Å². The monoisotopic (exact) mass is 204 g/mol. The number of hydrogen-bond donors (Lipinski definition) is 0. The van der Waals surface area contributed by atoms with Crippen LogP contribution in [0.5, 0.6) is 0 Å². The zero-order chi connectivity index (χ0) is 9.94. The van der Waals surface area contributed by atoms with E-state index in [0.717, 1.165) is 12.8 Å². The third kappa shape index (κ3) is 9.74. The van der Waals surface area contributed by atoms with Crippen molar-refractivity contribution in [3.63, 3.8) is 0 Å². The first kappa shape index (κ1) is 12.8. The number of ether oxygens (including phenoxy) is 1. The molecular formula is C10H20O2S. The number of carbonyl (C=O) groups excluding carboxylic acids is 1. The lowest BCUT2D eigenvalue weighted by atomic mass is 10.1. The molecule has 13 heavy (non-hydrogen) atoms. The minimum absolute atomic E-state index is 0.0795. The van der Waals surface area contributed by atoms with Gasteiger partial charge in [0.05, 0.1) is 7.11 Å². The second-order valence-corrected chi connectivity index (χ2v) is 4.07. The first-order valence-electron chi connectivity index (χ1n) is 4.87.